The average molecular weight is 240 g/mol. The van der Waals surface area contributed by atoms with Crippen LogP contribution in [0, 0.1) is 11.8 Å². The minimum absolute atomic E-state index is 0.861. The first-order valence-corrected chi connectivity index (χ1v) is 7.72. The lowest BCUT2D eigenvalue weighted by molar-refractivity contribution is 0.166. The van der Waals surface area contributed by atoms with Gasteiger partial charge in [-0.1, -0.05) is 26.7 Å². The van der Waals surface area contributed by atoms with Crippen LogP contribution in [0.3, 0.4) is 0 Å². The smallest absolute Gasteiger partial charge is 0.000956 e. The monoisotopic (exact) mass is 240 g/mol. The van der Waals surface area contributed by atoms with Gasteiger partial charge in [0.1, 0.15) is 0 Å². The molecule has 0 radical (unpaired) electrons. The van der Waals surface area contributed by atoms with Crippen molar-refractivity contribution >= 4 is 0 Å². The summed E-state index contributed by atoms with van der Waals surface area (Å²) < 4.78 is 0. The Morgan fingerprint density at radius 3 is 2.76 bits per heavy atom. The zero-order valence-corrected chi connectivity index (χ0v) is 12.0. The van der Waals surface area contributed by atoms with Crippen molar-refractivity contribution in [2.45, 2.75) is 58.8 Å². The molecule has 1 rings (SSSR count). The van der Waals surface area contributed by atoms with Gasteiger partial charge in [0, 0.05) is 6.54 Å². The Bertz CT molecular complexity index is 182. The van der Waals surface area contributed by atoms with E-state index < -0.39 is 0 Å². The van der Waals surface area contributed by atoms with E-state index in [0.29, 0.717) is 0 Å². The SMILES string of the molecule is CCC(CCN)CCCN1CCCC(CC)C1. The summed E-state index contributed by atoms with van der Waals surface area (Å²) >= 11 is 0. The van der Waals surface area contributed by atoms with Crippen molar-refractivity contribution in [3.05, 3.63) is 0 Å². The van der Waals surface area contributed by atoms with Crippen molar-refractivity contribution < 1.29 is 0 Å². The lowest BCUT2D eigenvalue weighted by Crippen LogP contribution is -2.35. The van der Waals surface area contributed by atoms with Crippen molar-refractivity contribution in [1.29, 1.82) is 0 Å². The van der Waals surface area contributed by atoms with E-state index in [4.69, 9.17) is 5.73 Å². The molecule has 1 saturated heterocycles. The highest BCUT2D eigenvalue weighted by Gasteiger charge is 2.18. The molecule has 102 valence electrons. The fourth-order valence-corrected chi connectivity index (χ4v) is 3.08. The molecule has 1 aliphatic heterocycles. The van der Waals surface area contributed by atoms with Gasteiger partial charge in [-0.25, -0.2) is 0 Å². The lowest BCUT2D eigenvalue weighted by Gasteiger charge is -2.32. The van der Waals surface area contributed by atoms with Crippen LogP contribution < -0.4 is 5.73 Å². The first-order valence-electron chi connectivity index (χ1n) is 7.72. The second-order valence-electron chi connectivity index (χ2n) is 5.71. The number of hydrogen-bond acceptors (Lipinski definition) is 2. The molecule has 0 aromatic carbocycles. The summed E-state index contributed by atoms with van der Waals surface area (Å²) in [4.78, 5) is 2.69. The molecule has 2 heteroatoms. The van der Waals surface area contributed by atoms with Gasteiger partial charge in [-0.3, -0.25) is 0 Å². The van der Waals surface area contributed by atoms with Gasteiger partial charge in [0.15, 0.2) is 0 Å². The quantitative estimate of drug-likeness (QED) is 0.705. The van der Waals surface area contributed by atoms with Gasteiger partial charge >= 0.3 is 0 Å². The van der Waals surface area contributed by atoms with E-state index >= 15 is 0 Å². The van der Waals surface area contributed by atoms with Crippen LogP contribution in [0.15, 0.2) is 0 Å². The third-order valence-electron chi connectivity index (χ3n) is 4.42. The molecule has 2 nitrogen and oxygen atoms in total. The second kappa shape index (κ2) is 8.93. The highest BCUT2D eigenvalue weighted by Crippen LogP contribution is 2.20. The molecular weight excluding hydrogens is 208 g/mol. The van der Waals surface area contributed by atoms with Gasteiger partial charge in [0.25, 0.3) is 0 Å². The standard InChI is InChI=1S/C15H32N2/c1-3-14(9-10-16)7-5-11-17-12-6-8-15(4-2)13-17/h14-15H,3-13,16H2,1-2H3. The normalized spacial score (nSPS) is 23.8. The maximum atomic E-state index is 5.65. The average Bonchev–Trinajstić information content (AvgIpc) is 2.38. The molecule has 2 atom stereocenters. The number of rotatable bonds is 8. The minimum Gasteiger partial charge on any atom is -0.330 e. The molecular formula is C15H32N2. The molecule has 0 saturated carbocycles. The number of nitrogens with two attached hydrogens (primary N) is 1. The number of hydrogen-bond donors (Lipinski definition) is 1. The number of piperidine rings is 1. The van der Waals surface area contributed by atoms with Gasteiger partial charge in [0.05, 0.1) is 0 Å². The Morgan fingerprint density at radius 1 is 1.29 bits per heavy atom. The summed E-state index contributed by atoms with van der Waals surface area (Å²) in [6.07, 6.45) is 9.50. The summed E-state index contributed by atoms with van der Waals surface area (Å²) in [7, 11) is 0. The number of nitrogens with zero attached hydrogens (tertiary/aromatic N) is 1. The van der Waals surface area contributed by atoms with E-state index in [1.54, 1.807) is 0 Å². The Balaban J connectivity index is 2.12. The second-order valence-corrected chi connectivity index (χ2v) is 5.71. The fourth-order valence-electron chi connectivity index (χ4n) is 3.08. The zero-order valence-electron chi connectivity index (χ0n) is 12.0. The molecule has 2 N–H and O–H groups in total. The minimum atomic E-state index is 0.861. The Labute approximate surface area is 108 Å². The van der Waals surface area contributed by atoms with E-state index in [1.165, 1.54) is 64.6 Å². The van der Waals surface area contributed by atoms with Gasteiger partial charge in [-0.2, -0.15) is 0 Å². The predicted octanol–water partition coefficient (Wildman–Crippen LogP) is 3.26. The van der Waals surface area contributed by atoms with Gasteiger partial charge in [-0.05, 0) is 63.6 Å². The molecule has 0 amide bonds. The molecule has 1 aliphatic rings. The third kappa shape index (κ3) is 5.87. The van der Waals surface area contributed by atoms with Crippen LogP contribution in [0.25, 0.3) is 0 Å². The summed E-state index contributed by atoms with van der Waals surface area (Å²) in [5.74, 6) is 1.83. The highest BCUT2D eigenvalue weighted by atomic mass is 15.1. The van der Waals surface area contributed by atoms with Gasteiger partial charge < -0.3 is 10.6 Å². The first kappa shape index (κ1) is 15.0. The lowest BCUT2D eigenvalue weighted by atomic mass is 9.94. The maximum Gasteiger partial charge on any atom is 0.000956 e. The third-order valence-corrected chi connectivity index (χ3v) is 4.42. The van der Waals surface area contributed by atoms with Crippen LogP contribution in [0.5, 0.6) is 0 Å². The van der Waals surface area contributed by atoms with Gasteiger partial charge in [0.2, 0.25) is 0 Å². The molecule has 1 heterocycles. The summed E-state index contributed by atoms with van der Waals surface area (Å²) in [6.45, 7) is 9.50. The van der Waals surface area contributed by atoms with Gasteiger partial charge in [-0.15, -0.1) is 0 Å². The first-order chi connectivity index (χ1) is 8.30. The van der Waals surface area contributed by atoms with Crippen LogP contribution >= 0.6 is 0 Å². The molecule has 17 heavy (non-hydrogen) atoms. The highest BCUT2D eigenvalue weighted by molar-refractivity contribution is 4.72. The van der Waals surface area contributed by atoms with Crippen LogP contribution in [-0.2, 0) is 0 Å². The van der Waals surface area contributed by atoms with Crippen LogP contribution in [-0.4, -0.2) is 31.1 Å². The summed E-state index contributed by atoms with van der Waals surface area (Å²) in [6, 6.07) is 0. The topological polar surface area (TPSA) is 29.3 Å². The van der Waals surface area contributed by atoms with Crippen LogP contribution in [0.4, 0.5) is 0 Å². The van der Waals surface area contributed by atoms with E-state index in [2.05, 4.69) is 18.7 Å². The van der Waals surface area contributed by atoms with Crippen LogP contribution in [0.1, 0.15) is 58.8 Å². The Hall–Kier alpha value is -0.0800. The zero-order chi connectivity index (χ0) is 12.5. The van der Waals surface area contributed by atoms with E-state index in [-0.39, 0.29) is 0 Å². The fraction of sp³-hybridized carbons (Fsp3) is 1.00. The molecule has 0 aliphatic carbocycles. The molecule has 0 bridgehead atoms. The van der Waals surface area contributed by atoms with E-state index in [1.807, 2.05) is 0 Å². The molecule has 1 fully saturated rings. The van der Waals surface area contributed by atoms with Crippen molar-refractivity contribution in [2.75, 3.05) is 26.2 Å². The molecule has 0 aromatic rings. The summed E-state index contributed by atoms with van der Waals surface area (Å²) in [5, 5.41) is 0. The Morgan fingerprint density at radius 2 is 2.12 bits per heavy atom. The number of likely N-dealkylation sites (tertiary alicyclic amines) is 1. The van der Waals surface area contributed by atoms with Crippen molar-refractivity contribution in [2.24, 2.45) is 17.6 Å². The summed E-state index contributed by atoms with van der Waals surface area (Å²) in [5.41, 5.74) is 5.65. The van der Waals surface area contributed by atoms with Crippen LogP contribution in [0.2, 0.25) is 0 Å². The maximum absolute atomic E-state index is 5.65. The van der Waals surface area contributed by atoms with E-state index in [0.717, 1.165) is 18.4 Å². The largest absolute Gasteiger partial charge is 0.330 e. The van der Waals surface area contributed by atoms with Crippen molar-refractivity contribution in [1.82, 2.24) is 4.90 Å². The van der Waals surface area contributed by atoms with Crippen molar-refractivity contribution in [3.63, 3.8) is 0 Å². The van der Waals surface area contributed by atoms with Crippen molar-refractivity contribution in [3.8, 4) is 0 Å². The molecule has 0 spiro atoms. The Kier molecular flexibility index (Phi) is 7.87. The predicted molar refractivity (Wildman–Crippen MR) is 76.1 cm³/mol. The molecule has 2 unspecified atom stereocenters. The van der Waals surface area contributed by atoms with E-state index in [9.17, 15) is 0 Å². The molecule has 0 aromatic heterocycles.